The molecule has 1 heterocycles. The largest absolute Gasteiger partial charge is 0.433 e. The molecule has 0 amide bonds. The van der Waals surface area contributed by atoms with Gasteiger partial charge in [-0.05, 0) is 37.2 Å². The highest BCUT2D eigenvalue weighted by atomic mass is 35.5. The van der Waals surface area contributed by atoms with Gasteiger partial charge in [-0.25, -0.2) is 4.98 Å². The second-order valence-electron chi connectivity index (χ2n) is 6.23. The van der Waals surface area contributed by atoms with Crippen LogP contribution in [0.15, 0.2) is 12.1 Å². The van der Waals surface area contributed by atoms with Gasteiger partial charge in [-0.3, -0.25) is 0 Å². The van der Waals surface area contributed by atoms with Crippen LogP contribution in [0.5, 0.6) is 0 Å². The number of aromatic nitrogens is 1. The second-order valence-corrected chi connectivity index (χ2v) is 6.59. The van der Waals surface area contributed by atoms with Crippen LogP contribution in [0.25, 0.3) is 0 Å². The summed E-state index contributed by atoms with van der Waals surface area (Å²) in [6.45, 7) is 4.22. The van der Waals surface area contributed by atoms with Crippen LogP contribution < -0.4 is 0 Å². The summed E-state index contributed by atoms with van der Waals surface area (Å²) >= 11 is 5.86. The van der Waals surface area contributed by atoms with Crippen LogP contribution in [-0.2, 0) is 11.8 Å². The van der Waals surface area contributed by atoms with Gasteiger partial charge in [-0.1, -0.05) is 31.5 Å². The van der Waals surface area contributed by atoms with Gasteiger partial charge in [0.15, 0.2) is 0 Å². The van der Waals surface area contributed by atoms with E-state index in [4.69, 9.17) is 11.6 Å². The molecule has 1 N–H and O–H groups in total. The van der Waals surface area contributed by atoms with Crippen LogP contribution in [0, 0.1) is 5.41 Å². The fraction of sp³-hybridized carbons (Fsp3) is 0.643. The molecule has 1 aliphatic rings. The Bertz CT molecular complexity index is 504. The average Bonchev–Trinajstić information content (AvgIpc) is 2.32. The lowest BCUT2D eigenvalue weighted by molar-refractivity contribution is -0.141. The van der Waals surface area contributed by atoms with Gasteiger partial charge in [-0.2, -0.15) is 13.2 Å². The van der Waals surface area contributed by atoms with Crippen LogP contribution in [-0.4, -0.2) is 10.1 Å². The Morgan fingerprint density at radius 1 is 1.15 bits per heavy atom. The molecule has 1 aliphatic carbocycles. The van der Waals surface area contributed by atoms with E-state index in [2.05, 4.69) is 18.8 Å². The molecule has 0 bridgehead atoms. The normalized spacial score (nSPS) is 21.8. The second kappa shape index (κ2) is 4.88. The number of halogens is 4. The highest BCUT2D eigenvalue weighted by molar-refractivity contribution is 6.30. The Hall–Kier alpha value is -0.810. The number of alkyl halides is 3. The van der Waals surface area contributed by atoms with Crippen LogP contribution in [0.4, 0.5) is 13.2 Å². The van der Waals surface area contributed by atoms with E-state index < -0.39 is 17.5 Å². The first-order valence-electron chi connectivity index (χ1n) is 6.50. The summed E-state index contributed by atoms with van der Waals surface area (Å²) in [6.07, 6.45) is -1.99. The van der Waals surface area contributed by atoms with Crippen molar-refractivity contribution >= 4 is 11.6 Å². The Labute approximate surface area is 121 Å². The van der Waals surface area contributed by atoms with E-state index in [1.165, 1.54) is 6.07 Å². The first-order valence-corrected chi connectivity index (χ1v) is 6.88. The topological polar surface area (TPSA) is 33.1 Å². The third kappa shape index (κ3) is 3.09. The van der Waals surface area contributed by atoms with Crippen LogP contribution in [0.1, 0.15) is 50.8 Å². The quantitative estimate of drug-likeness (QED) is 0.773. The fourth-order valence-electron chi connectivity index (χ4n) is 2.55. The zero-order valence-electron chi connectivity index (χ0n) is 11.4. The highest BCUT2D eigenvalue weighted by Gasteiger charge is 2.40. The SMILES string of the molecule is CC1(C)CCC(O)(c2ccc(C(F)(F)F)nc2Cl)CC1. The van der Waals surface area contributed by atoms with Gasteiger partial charge in [0.25, 0.3) is 0 Å². The smallest absolute Gasteiger partial charge is 0.385 e. The maximum absolute atomic E-state index is 12.6. The Morgan fingerprint density at radius 3 is 2.15 bits per heavy atom. The van der Waals surface area contributed by atoms with Gasteiger partial charge in [0.1, 0.15) is 10.8 Å². The highest BCUT2D eigenvalue weighted by Crippen LogP contribution is 2.46. The number of pyridine rings is 1. The third-order valence-corrected chi connectivity index (χ3v) is 4.36. The van der Waals surface area contributed by atoms with Crippen LogP contribution in [0.3, 0.4) is 0 Å². The molecule has 0 aromatic carbocycles. The number of hydrogen-bond acceptors (Lipinski definition) is 2. The lowest BCUT2D eigenvalue weighted by Crippen LogP contribution is -2.35. The van der Waals surface area contributed by atoms with E-state index in [0.717, 1.165) is 18.9 Å². The van der Waals surface area contributed by atoms with Crippen molar-refractivity contribution in [2.24, 2.45) is 5.41 Å². The zero-order valence-corrected chi connectivity index (χ0v) is 12.1. The number of hydrogen-bond donors (Lipinski definition) is 1. The molecule has 2 nitrogen and oxygen atoms in total. The minimum absolute atomic E-state index is 0.137. The first-order chi connectivity index (χ1) is 9.04. The van der Waals surface area contributed by atoms with Gasteiger partial charge in [-0.15, -0.1) is 0 Å². The number of nitrogens with zero attached hydrogens (tertiary/aromatic N) is 1. The minimum atomic E-state index is -4.53. The predicted octanol–water partition coefficient (Wildman–Crippen LogP) is 4.54. The molecule has 0 spiro atoms. The molecule has 0 radical (unpaired) electrons. The van der Waals surface area contributed by atoms with E-state index in [1.54, 1.807) is 0 Å². The first kappa shape index (κ1) is 15.6. The van der Waals surface area contributed by atoms with Crippen molar-refractivity contribution in [3.05, 3.63) is 28.5 Å². The summed E-state index contributed by atoms with van der Waals surface area (Å²) < 4.78 is 37.7. The fourth-order valence-corrected chi connectivity index (χ4v) is 2.88. The lowest BCUT2D eigenvalue weighted by atomic mass is 9.69. The molecule has 1 saturated carbocycles. The van der Waals surface area contributed by atoms with Crippen molar-refractivity contribution in [2.75, 3.05) is 0 Å². The molecule has 1 aromatic rings. The van der Waals surface area contributed by atoms with Gasteiger partial charge in [0, 0.05) is 5.56 Å². The van der Waals surface area contributed by atoms with Crippen LogP contribution >= 0.6 is 11.6 Å². The minimum Gasteiger partial charge on any atom is -0.385 e. The van der Waals surface area contributed by atoms with E-state index in [0.29, 0.717) is 18.4 Å². The summed E-state index contributed by atoms with van der Waals surface area (Å²) in [5.41, 5.74) is -1.78. The van der Waals surface area contributed by atoms with Gasteiger partial charge in [0.2, 0.25) is 0 Å². The van der Waals surface area contributed by atoms with Crippen molar-refractivity contribution in [2.45, 2.75) is 51.3 Å². The molecular formula is C14H17ClF3NO. The van der Waals surface area contributed by atoms with Crippen molar-refractivity contribution < 1.29 is 18.3 Å². The van der Waals surface area contributed by atoms with Gasteiger partial charge >= 0.3 is 6.18 Å². The zero-order chi connectivity index (χ0) is 15.2. The maximum atomic E-state index is 12.6. The Balaban J connectivity index is 2.30. The summed E-state index contributed by atoms with van der Waals surface area (Å²) in [7, 11) is 0. The van der Waals surface area contributed by atoms with E-state index in [9.17, 15) is 18.3 Å². The third-order valence-electron chi connectivity index (χ3n) is 4.07. The molecule has 0 unspecified atom stereocenters. The number of rotatable bonds is 1. The molecule has 0 atom stereocenters. The van der Waals surface area contributed by atoms with Crippen molar-refractivity contribution in [1.29, 1.82) is 0 Å². The average molecular weight is 308 g/mol. The van der Waals surface area contributed by atoms with E-state index in [1.807, 2.05) is 0 Å². The summed E-state index contributed by atoms with van der Waals surface area (Å²) in [5.74, 6) is 0. The predicted molar refractivity (Wildman–Crippen MR) is 70.4 cm³/mol. The maximum Gasteiger partial charge on any atom is 0.433 e. The standard InChI is InChI=1S/C14H17ClF3NO/c1-12(2)5-7-13(20,8-6-12)9-3-4-10(14(16,17)18)19-11(9)15/h3-4,20H,5-8H2,1-2H3. The molecule has 1 aromatic heterocycles. The molecule has 0 aliphatic heterocycles. The van der Waals surface area contributed by atoms with Crippen LogP contribution in [0.2, 0.25) is 5.15 Å². The molecule has 1 fully saturated rings. The Kier molecular flexibility index (Phi) is 3.80. The summed E-state index contributed by atoms with van der Waals surface area (Å²) in [5, 5.41) is 10.4. The molecule has 6 heteroatoms. The van der Waals surface area contributed by atoms with E-state index >= 15 is 0 Å². The molecular weight excluding hydrogens is 291 g/mol. The van der Waals surface area contributed by atoms with E-state index in [-0.39, 0.29) is 10.6 Å². The van der Waals surface area contributed by atoms with Crippen molar-refractivity contribution in [3.8, 4) is 0 Å². The van der Waals surface area contributed by atoms with Crippen molar-refractivity contribution in [3.63, 3.8) is 0 Å². The van der Waals surface area contributed by atoms with Gasteiger partial charge < -0.3 is 5.11 Å². The lowest BCUT2D eigenvalue weighted by Gasteiger charge is -2.40. The molecule has 112 valence electrons. The number of aliphatic hydroxyl groups is 1. The summed E-state index contributed by atoms with van der Waals surface area (Å²) in [4.78, 5) is 3.38. The molecule has 0 saturated heterocycles. The molecule has 20 heavy (non-hydrogen) atoms. The monoisotopic (exact) mass is 307 g/mol. The summed E-state index contributed by atoms with van der Waals surface area (Å²) in [6, 6.07) is 2.12. The molecule has 2 rings (SSSR count). The van der Waals surface area contributed by atoms with Crippen molar-refractivity contribution in [1.82, 2.24) is 4.98 Å². The van der Waals surface area contributed by atoms with Gasteiger partial charge in [0.05, 0.1) is 5.60 Å². The Morgan fingerprint density at radius 2 is 1.70 bits per heavy atom.